The Balaban J connectivity index is 2.26. The first kappa shape index (κ1) is 18.7. The van der Waals surface area contributed by atoms with Gasteiger partial charge < -0.3 is 5.32 Å². The van der Waals surface area contributed by atoms with Crippen LogP contribution in [0, 0.1) is 6.92 Å². The Hall–Kier alpha value is -1.60. The van der Waals surface area contributed by atoms with E-state index in [0.29, 0.717) is 26.7 Å². The van der Waals surface area contributed by atoms with Crippen molar-refractivity contribution < 1.29 is 13.2 Å². The number of hydrogen-bond donors (Lipinski definition) is 2. The Morgan fingerprint density at radius 2 is 1.83 bits per heavy atom. The third kappa shape index (κ3) is 4.27. The zero-order chi connectivity index (χ0) is 17.9. The molecule has 0 aliphatic carbocycles. The van der Waals surface area contributed by atoms with E-state index in [0.717, 1.165) is 0 Å². The zero-order valence-corrected chi connectivity index (χ0v) is 15.4. The second-order valence-corrected chi connectivity index (χ2v) is 7.73. The Morgan fingerprint density at radius 1 is 1.12 bits per heavy atom. The van der Waals surface area contributed by atoms with Crippen molar-refractivity contribution in [2.75, 3.05) is 7.05 Å². The molecule has 0 spiro atoms. The molecule has 2 rings (SSSR count). The van der Waals surface area contributed by atoms with E-state index in [-0.39, 0.29) is 17.3 Å². The van der Waals surface area contributed by atoms with E-state index < -0.39 is 10.0 Å². The first-order chi connectivity index (χ1) is 11.2. The monoisotopic (exact) mass is 386 g/mol. The van der Waals surface area contributed by atoms with Gasteiger partial charge in [0, 0.05) is 29.2 Å². The second-order valence-electron chi connectivity index (χ2n) is 5.12. The number of rotatable bonds is 5. The minimum absolute atomic E-state index is 0.0109. The molecule has 8 heteroatoms. The Kier molecular flexibility index (Phi) is 5.87. The van der Waals surface area contributed by atoms with Gasteiger partial charge in [-0.2, -0.15) is 0 Å². The molecule has 0 aliphatic heterocycles. The van der Waals surface area contributed by atoms with E-state index in [4.69, 9.17) is 23.2 Å². The number of halogens is 2. The van der Waals surface area contributed by atoms with Crippen LogP contribution in [0.3, 0.4) is 0 Å². The highest BCUT2D eigenvalue weighted by Crippen LogP contribution is 2.22. The van der Waals surface area contributed by atoms with Crippen LogP contribution >= 0.6 is 23.2 Å². The molecule has 128 valence electrons. The molecule has 0 saturated carbocycles. The molecule has 0 saturated heterocycles. The Morgan fingerprint density at radius 3 is 2.46 bits per heavy atom. The lowest BCUT2D eigenvalue weighted by Gasteiger charge is -2.11. The number of sulfonamides is 1. The first-order valence-corrected chi connectivity index (χ1v) is 9.25. The van der Waals surface area contributed by atoms with Crippen LogP contribution in [0.4, 0.5) is 0 Å². The molecule has 0 heterocycles. The molecule has 0 unspecified atom stereocenters. The fraction of sp³-hybridized carbons (Fsp3) is 0.188. The smallest absolute Gasteiger partial charge is 0.251 e. The van der Waals surface area contributed by atoms with Crippen LogP contribution in [0.2, 0.25) is 10.0 Å². The lowest BCUT2D eigenvalue weighted by atomic mass is 10.1. The van der Waals surface area contributed by atoms with Crippen molar-refractivity contribution in [2.45, 2.75) is 18.4 Å². The molecule has 0 bridgehead atoms. The maximum atomic E-state index is 12.4. The van der Waals surface area contributed by atoms with Crippen molar-refractivity contribution in [1.29, 1.82) is 0 Å². The highest BCUT2D eigenvalue weighted by molar-refractivity contribution is 7.89. The largest absolute Gasteiger partial charge is 0.355 e. The summed E-state index contributed by atoms with van der Waals surface area (Å²) in [6, 6.07) is 9.22. The molecular formula is C16H16Cl2N2O3S. The molecule has 0 aliphatic rings. The molecule has 1 amide bonds. The number of amides is 1. The van der Waals surface area contributed by atoms with Crippen LogP contribution < -0.4 is 10.0 Å². The van der Waals surface area contributed by atoms with Gasteiger partial charge in [-0.3, -0.25) is 4.79 Å². The van der Waals surface area contributed by atoms with Gasteiger partial charge in [0.05, 0.1) is 4.90 Å². The summed E-state index contributed by atoms with van der Waals surface area (Å²) in [5, 5.41) is 3.33. The van der Waals surface area contributed by atoms with Crippen molar-refractivity contribution in [2.24, 2.45) is 0 Å². The Labute approximate surface area is 151 Å². The molecule has 2 aromatic rings. The molecule has 0 atom stereocenters. The van der Waals surface area contributed by atoms with E-state index in [1.54, 1.807) is 31.2 Å². The number of hydrogen-bond acceptors (Lipinski definition) is 3. The van der Waals surface area contributed by atoms with E-state index >= 15 is 0 Å². The maximum absolute atomic E-state index is 12.4. The number of nitrogens with one attached hydrogen (secondary N) is 2. The molecule has 0 radical (unpaired) electrons. The zero-order valence-electron chi connectivity index (χ0n) is 13.1. The van der Waals surface area contributed by atoms with Gasteiger partial charge in [0.2, 0.25) is 10.0 Å². The summed E-state index contributed by atoms with van der Waals surface area (Å²) < 4.78 is 27.4. The van der Waals surface area contributed by atoms with Gasteiger partial charge in [-0.15, -0.1) is 0 Å². The topological polar surface area (TPSA) is 75.3 Å². The lowest BCUT2D eigenvalue weighted by molar-refractivity contribution is 0.0962. The number of benzene rings is 2. The fourth-order valence-electron chi connectivity index (χ4n) is 2.07. The summed E-state index contributed by atoms with van der Waals surface area (Å²) in [6.45, 7) is 1.75. The normalized spacial score (nSPS) is 11.3. The van der Waals surface area contributed by atoms with Crippen LogP contribution in [0.15, 0.2) is 41.3 Å². The van der Waals surface area contributed by atoms with Crippen LogP contribution in [0.1, 0.15) is 21.5 Å². The van der Waals surface area contributed by atoms with Crippen molar-refractivity contribution in [3.8, 4) is 0 Å². The average Bonchev–Trinajstić information content (AvgIpc) is 2.53. The van der Waals surface area contributed by atoms with Gasteiger partial charge >= 0.3 is 0 Å². The van der Waals surface area contributed by atoms with Crippen LogP contribution in [-0.4, -0.2) is 21.4 Å². The predicted molar refractivity (Wildman–Crippen MR) is 95.1 cm³/mol. The third-order valence-corrected chi connectivity index (χ3v) is 5.44. The van der Waals surface area contributed by atoms with Gasteiger partial charge in [0.15, 0.2) is 0 Å². The number of aryl methyl sites for hydroxylation is 1. The van der Waals surface area contributed by atoms with Gasteiger partial charge in [-0.1, -0.05) is 35.3 Å². The number of carbonyl (C=O) groups excluding carboxylic acids is 1. The van der Waals surface area contributed by atoms with Gasteiger partial charge in [0.1, 0.15) is 0 Å². The molecule has 0 fully saturated rings. The lowest BCUT2D eigenvalue weighted by Crippen LogP contribution is -2.25. The summed E-state index contributed by atoms with van der Waals surface area (Å²) in [7, 11) is -2.30. The first-order valence-electron chi connectivity index (χ1n) is 7.01. The predicted octanol–water partition coefficient (Wildman–Crippen LogP) is 3.14. The van der Waals surface area contributed by atoms with Gasteiger partial charge in [-0.25, -0.2) is 13.1 Å². The molecular weight excluding hydrogens is 371 g/mol. The summed E-state index contributed by atoms with van der Waals surface area (Å²) in [5.74, 6) is -0.342. The number of carbonyl (C=O) groups is 1. The van der Waals surface area contributed by atoms with E-state index in [2.05, 4.69) is 10.0 Å². The van der Waals surface area contributed by atoms with Crippen LogP contribution in [0.5, 0.6) is 0 Å². The third-order valence-electron chi connectivity index (χ3n) is 3.46. The molecule has 5 nitrogen and oxygen atoms in total. The summed E-state index contributed by atoms with van der Waals surface area (Å²) in [6.07, 6.45) is 0. The van der Waals surface area contributed by atoms with E-state index in [1.165, 1.54) is 19.2 Å². The summed E-state index contributed by atoms with van der Waals surface area (Å²) in [5.41, 5.74) is 1.60. The van der Waals surface area contributed by atoms with Crippen molar-refractivity contribution in [1.82, 2.24) is 10.0 Å². The molecule has 2 aromatic carbocycles. The van der Waals surface area contributed by atoms with Crippen LogP contribution in [-0.2, 0) is 16.6 Å². The van der Waals surface area contributed by atoms with Crippen molar-refractivity contribution in [3.05, 3.63) is 63.1 Å². The second kappa shape index (κ2) is 7.53. The van der Waals surface area contributed by atoms with E-state index in [9.17, 15) is 13.2 Å². The molecule has 2 N–H and O–H groups in total. The van der Waals surface area contributed by atoms with E-state index in [1.807, 2.05) is 0 Å². The standard InChI is InChI=1S/C16H16Cl2N2O3S/c1-10-3-6-13(8-14(10)16(21)19-2)24(22,23)20-9-11-4-5-12(17)7-15(11)18/h3-8,20H,9H2,1-2H3,(H,19,21). The minimum atomic E-state index is -3.79. The molecule has 24 heavy (non-hydrogen) atoms. The van der Waals surface area contributed by atoms with Crippen molar-refractivity contribution in [3.63, 3.8) is 0 Å². The van der Waals surface area contributed by atoms with Gasteiger partial charge in [0.25, 0.3) is 5.91 Å². The average molecular weight is 387 g/mol. The summed E-state index contributed by atoms with van der Waals surface area (Å²) >= 11 is 11.9. The SMILES string of the molecule is CNC(=O)c1cc(S(=O)(=O)NCc2ccc(Cl)cc2Cl)ccc1C. The van der Waals surface area contributed by atoms with Gasteiger partial charge in [-0.05, 0) is 42.3 Å². The minimum Gasteiger partial charge on any atom is -0.355 e. The maximum Gasteiger partial charge on any atom is 0.251 e. The quantitative estimate of drug-likeness (QED) is 0.828. The fourth-order valence-corrected chi connectivity index (χ4v) is 3.58. The van der Waals surface area contributed by atoms with Crippen molar-refractivity contribution >= 4 is 39.1 Å². The van der Waals surface area contributed by atoms with Crippen LogP contribution in [0.25, 0.3) is 0 Å². The highest BCUT2D eigenvalue weighted by Gasteiger charge is 2.18. The summed E-state index contributed by atoms with van der Waals surface area (Å²) in [4.78, 5) is 11.8. The molecule has 0 aromatic heterocycles. The Bertz CT molecular complexity index is 883. The highest BCUT2D eigenvalue weighted by atomic mass is 35.5.